The molecule has 0 aliphatic heterocycles. The highest BCUT2D eigenvalue weighted by atomic mass is 35.5. The first-order valence-corrected chi connectivity index (χ1v) is 9.75. The van der Waals surface area contributed by atoms with Crippen LogP contribution in [0.3, 0.4) is 0 Å². The Balaban J connectivity index is 1.51. The number of hydrogen-bond acceptors (Lipinski definition) is 4. The van der Waals surface area contributed by atoms with Crippen LogP contribution in [0.5, 0.6) is 0 Å². The molecule has 0 atom stereocenters. The number of pyridine rings is 1. The van der Waals surface area contributed by atoms with Crippen LogP contribution in [0.1, 0.15) is 22.5 Å². The summed E-state index contributed by atoms with van der Waals surface area (Å²) in [6.45, 7) is 3.09. The van der Waals surface area contributed by atoms with Crippen LogP contribution in [0.4, 0.5) is 0 Å². The second-order valence-electron chi connectivity index (χ2n) is 6.91. The molecule has 0 bridgehead atoms. The molecule has 0 spiro atoms. The summed E-state index contributed by atoms with van der Waals surface area (Å²) in [6, 6.07) is 9.48. The van der Waals surface area contributed by atoms with Crippen molar-refractivity contribution in [3.8, 4) is 11.3 Å². The van der Waals surface area contributed by atoms with Crippen LogP contribution in [0, 0.1) is 6.92 Å². The number of benzene rings is 1. The second kappa shape index (κ2) is 8.05. The lowest BCUT2D eigenvalue weighted by Crippen LogP contribution is -2.25. The van der Waals surface area contributed by atoms with Crippen LogP contribution in [0.2, 0.25) is 5.02 Å². The van der Waals surface area contributed by atoms with Gasteiger partial charge < -0.3 is 5.32 Å². The molecule has 148 valence electrons. The molecule has 0 aliphatic carbocycles. The Labute approximate surface area is 173 Å². The van der Waals surface area contributed by atoms with Crippen LogP contribution < -0.4 is 5.32 Å². The lowest BCUT2D eigenvalue weighted by atomic mass is 10.0. The average molecular weight is 409 g/mol. The van der Waals surface area contributed by atoms with Crippen LogP contribution in [0.15, 0.2) is 48.9 Å². The fourth-order valence-corrected chi connectivity index (χ4v) is 3.36. The molecule has 0 radical (unpaired) electrons. The maximum Gasteiger partial charge on any atom is 0.252 e. The maximum atomic E-state index is 12.9. The molecular formula is C21H21ClN6O. The third kappa shape index (κ3) is 4.14. The monoisotopic (exact) mass is 408 g/mol. The molecule has 29 heavy (non-hydrogen) atoms. The summed E-state index contributed by atoms with van der Waals surface area (Å²) < 4.78 is 3.52. The first-order chi connectivity index (χ1) is 14.0. The van der Waals surface area contributed by atoms with Gasteiger partial charge in [-0.15, -0.1) is 0 Å². The number of carbonyl (C=O) groups is 1. The van der Waals surface area contributed by atoms with Crippen LogP contribution in [-0.2, 0) is 13.6 Å². The molecule has 3 aromatic heterocycles. The van der Waals surface area contributed by atoms with Gasteiger partial charge in [0.05, 0.1) is 33.7 Å². The number of fused-ring (bicyclic) bond motifs is 1. The summed E-state index contributed by atoms with van der Waals surface area (Å²) in [6.07, 6.45) is 6.18. The van der Waals surface area contributed by atoms with Gasteiger partial charge in [0.1, 0.15) is 0 Å². The standard InChI is InChI=1S/C21H21ClN6O/c1-14-18(22)13-28(26-14)9-5-8-23-21(29)17-10-20(15-11-24-27(2)12-15)25-19-7-4-3-6-16(17)19/h3-4,6-7,10-13H,5,8-9H2,1-2H3,(H,23,29). The zero-order valence-corrected chi connectivity index (χ0v) is 17.0. The molecule has 0 saturated heterocycles. The Hall–Kier alpha value is -3.19. The van der Waals surface area contributed by atoms with Gasteiger partial charge in [0.25, 0.3) is 5.91 Å². The van der Waals surface area contributed by atoms with Gasteiger partial charge in [-0.05, 0) is 25.5 Å². The van der Waals surface area contributed by atoms with E-state index < -0.39 is 0 Å². The minimum Gasteiger partial charge on any atom is -0.352 e. The predicted octanol–water partition coefficient (Wildman–Crippen LogP) is 3.61. The average Bonchev–Trinajstić information content (AvgIpc) is 3.29. The number of hydrogen-bond donors (Lipinski definition) is 1. The molecule has 3 heterocycles. The summed E-state index contributed by atoms with van der Waals surface area (Å²) >= 11 is 6.03. The van der Waals surface area contributed by atoms with E-state index in [9.17, 15) is 4.79 Å². The lowest BCUT2D eigenvalue weighted by Gasteiger charge is -2.10. The quantitative estimate of drug-likeness (QED) is 0.494. The molecule has 7 nitrogen and oxygen atoms in total. The first-order valence-electron chi connectivity index (χ1n) is 9.38. The zero-order chi connectivity index (χ0) is 20.4. The maximum absolute atomic E-state index is 12.9. The highest BCUT2D eigenvalue weighted by molar-refractivity contribution is 6.31. The molecule has 0 aliphatic rings. The third-order valence-corrected chi connectivity index (χ3v) is 5.07. The molecular weight excluding hydrogens is 388 g/mol. The van der Waals surface area contributed by atoms with Gasteiger partial charge in [0.15, 0.2) is 0 Å². The van der Waals surface area contributed by atoms with E-state index in [2.05, 4.69) is 15.5 Å². The van der Waals surface area contributed by atoms with Crippen molar-refractivity contribution in [2.75, 3.05) is 6.54 Å². The van der Waals surface area contributed by atoms with Crippen molar-refractivity contribution >= 4 is 28.4 Å². The van der Waals surface area contributed by atoms with E-state index in [1.54, 1.807) is 21.8 Å². The van der Waals surface area contributed by atoms with Crippen LogP contribution >= 0.6 is 11.6 Å². The highest BCUT2D eigenvalue weighted by Gasteiger charge is 2.14. The van der Waals surface area contributed by atoms with E-state index in [4.69, 9.17) is 16.6 Å². The van der Waals surface area contributed by atoms with E-state index in [1.165, 1.54) is 0 Å². The number of para-hydroxylation sites is 1. The minimum absolute atomic E-state index is 0.122. The third-order valence-electron chi connectivity index (χ3n) is 4.70. The number of aromatic nitrogens is 5. The van der Waals surface area contributed by atoms with Gasteiger partial charge in [-0.2, -0.15) is 10.2 Å². The normalized spacial score (nSPS) is 11.1. The lowest BCUT2D eigenvalue weighted by molar-refractivity contribution is 0.0954. The van der Waals surface area contributed by atoms with Crippen LogP contribution in [0.25, 0.3) is 22.2 Å². The fraction of sp³-hybridized carbons (Fsp3) is 0.238. The SMILES string of the molecule is Cc1nn(CCCNC(=O)c2cc(-c3cnn(C)c3)nc3ccccc23)cc1Cl. The predicted molar refractivity (Wildman–Crippen MR) is 113 cm³/mol. The molecule has 0 saturated carbocycles. The topological polar surface area (TPSA) is 77.6 Å². The number of rotatable bonds is 6. The largest absolute Gasteiger partial charge is 0.352 e. The Morgan fingerprint density at radius 3 is 2.79 bits per heavy atom. The summed E-state index contributed by atoms with van der Waals surface area (Å²) in [5.41, 5.74) is 3.79. The number of carbonyl (C=O) groups excluding carboxylic acids is 1. The molecule has 1 amide bonds. The van der Waals surface area contributed by atoms with Crippen molar-refractivity contribution in [2.45, 2.75) is 19.9 Å². The number of nitrogens with zero attached hydrogens (tertiary/aromatic N) is 5. The van der Waals surface area contributed by atoms with Gasteiger partial charge in [0, 0.05) is 43.5 Å². The molecule has 0 unspecified atom stereocenters. The second-order valence-corrected chi connectivity index (χ2v) is 7.32. The molecule has 1 N–H and O–H groups in total. The van der Waals surface area contributed by atoms with Gasteiger partial charge in [0.2, 0.25) is 0 Å². The number of nitrogens with one attached hydrogen (secondary N) is 1. The molecule has 0 fully saturated rings. The Kier molecular flexibility index (Phi) is 5.31. The Morgan fingerprint density at radius 1 is 1.24 bits per heavy atom. The summed E-state index contributed by atoms with van der Waals surface area (Å²) in [5, 5.41) is 13.0. The smallest absolute Gasteiger partial charge is 0.252 e. The van der Waals surface area contributed by atoms with Gasteiger partial charge >= 0.3 is 0 Å². The summed E-state index contributed by atoms with van der Waals surface area (Å²) in [4.78, 5) is 17.6. The molecule has 4 rings (SSSR count). The van der Waals surface area contributed by atoms with Crippen molar-refractivity contribution in [1.29, 1.82) is 0 Å². The van der Waals surface area contributed by atoms with Crippen molar-refractivity contribution in [3.63, 3.8) is 0 Å². The Morgan fingerprint density at radius 2 is 2.07 bits per heavy atom. The summed E-state index contributed by atoms with van der Waals surface area (Å²) in [5.74, 6) is -0.122. The highest BCUT2D eigenvalue weighted by Crippen LogP contribution is 2.24. The van der Waals surface area contributed by atoms with E-state index in [0.717, 1.165) is 34.3 Å². The number of aryl methyl sites for hydroxylation is 3. The minimum atomic E-state index is -0.122. The zero-order valence-electron chi connectivity index (χ0n) is 16.3. The van der Waals surface area contributed by atoms with Crippen molar-refractivity contribution in [1.82, 2.24) is 29.9 Å². The Bertz CT molecular complexity index is 1160. The molecule has 8 heteroatoms. The van der Waals surface area contributed by atoms with Crippen molar-refractivity contribution < 1.29 is 4.79 Å². The number of halogens is 1. The molecule has 1 aromatic carbocycles. The van der Waals surface area contributed by atoms with Crippen LogP contribution in [-0.4, -0.2) is 37.0 Å². The van der Waals surface area contributed by atoms with E-state index >= 15 is 0 Å². The molecule has 4 aromatic rings. The fourth-order valence-electron chi connectivity index (χ4n) is 3.21. The van der Waals surface area contributed by atoms with Crippen molar-refractivity contribution in [3.05, 3.63) is 65.2 Å². The van der Waals surface area contributed by atoms with E-state index in [1.807, 2.05) is 50.5 Å². The van der Waals surface area contributed by atoms with Gasteiger partial charge in [-0.3, -0.25) is 14.2 Å². The van der Waals surface area contributed by atoms with Gasteiger partial charge in [-0.25, -0.2) is 4.98 Å². The first kappa shape index (κ1) is 19.1. The van der Waals surface area contributed by atoms with E-state index in [-0.39, 0.29) is 5.91 Å². The van der Waals surface area contributed by atoms with Gasteiger partial charge in [-0.1, -0.05) is 29.8 Å². The number of amides is 1. The van der Waals surface area contributed by atoms with E-state index in [0.29, 0.717) is 23.7 Å². The summed E-state index contributed by atoms with van der Waals surface area (Å²) in [7, 11) is 1.85. The van der Waals surface area contributed by atoms with Crippen molar-refractivity contribution in [2.24, 2.45) is 7.05 Å².